The lowest BCUT2D eigenvalue weighted by Gasteiger charge is -2.22. The van der Waals surface area contributed by atoms with E-state index < -0.39 is 0 Å². The number of para-hydroxylation sites is 1. The maximum Gasteiger partial charge on any atom is 0.291 e. The zero-order valence-electron chi connectivity index (χ0n) is 14.4. The van der Waals surface area contributed by atoms with E-state index in [-0.39, 0.29) is 11.7 Å². The Labute approximate surface area is 158 Å². The van der Waals surface area contributed by atoms with Crippen molar-refractivity contribution in [2.45, 2.75) is 13.0 Å². The van der Waals surface area contributed by atoms with Crippen molar-refractivity contribution in [3.8, 4) is 17.1 Å². The Hall–Kier alpha value is -3.32. The van der Waals surface area contributed by atoms with Gasteiger partial charge in [0.25, 0.3) is 5.56 Å². The molecule has 0 fully saturated rings. The summed E-state index contributed by atoms with van der Waals surface area (Å²) in [6.45, 7) is 1.97. The molecule has 0 spiro atoms. The molecular weight excluding hydrogens is 360 g/mol. The van der Waals surface area contributed by atoms with Crippen LogP contribution in [0.4, 0.5) is 0 Å². The van der Waals surface area contributed by atoms with Crippen molar-refractivity contribution in [1.82, 2.24) is 19.6 Å². The number of rotatable bonds is 2. The highest BCUT2D eigenvalue weighted by atomic mass is 32.1. The van der Waals surface area contributed by atoms with E-state index in [1.54, 1.807) is 12.4 Å². The average molecular weight is 374 g/mol. The Kier molecular flexibility index (Phi) is 3.61. The molecule has 0 N–H and O–H groups in total. The van der Waals surface area contributed by atoms with Crippen molar-refractivity contribution in [2.24, 2.45) is 0 Å². The highest BCUT2D eigenvalue weighted by Gasteiger charge is 2.18. The van der Waals surface area contributed by atoms with Crippen LogP contribution in [-0.2, 0) is 0 Å². The largest absolute Gasteiger partial charge is 0.485 e. The topological polar surface area (TPSA) is 69.4 Å². The number of pyridine rings is 1. The molecule has 6 nitrogen and oxygen atoms in total. The lowest BCUT2D eigenvalue weighted by Crippen LogP contribution is -2.26. The molecule has 0 saturated carbocycles. The summed E-state index contributed by atoms with van der Waals surface area (Å²) in [5.74, 6) is 1.36. The van der Waals surface area contributed by atoms with Gasteiger partial charge in [0.15, 0.2) is 5.82 Å². The third-order valence-electron chi connectivity index (χ3n) is 4.41. The number of thiazole rings is 1. The molecular formula is C20H14N4O2S. The highest BCUT2D eigenvalue weighted by Crippen LogP contribution is 2.29. The lowest BCUT2D eigenvalue weighted by molar-refractivity contribution is 0.259. The summed E-state index contributed by atoms with van der Waals surface area (Å²) in [6, 6.07) is 11.5. The molecule has 0 radical (unpaired) electrons. The number of hydrogen-bond donors (Lipinski definition) is 0. The first-order valence-corrected chi connectivity index (χ1v) is 9.30. The van der Waals surface area contributed by atoms with Gasteiger partial charge in [-0.2, -0.15) is 9.50 Å². The van der Waals surface area contributed by atoms with E-state index in [2.05, 4.69) is 21.1 Å². The Balaban J connectivity index is 1.60. The van der Waals surface area contributed by atoms with Gasteiger partial charge in [0.1, 0.15) is 11.9 Å². The Morgan fingerprint density at radius 1 is 1.22 bits per heavy atom. The van der Waals surface area contributed by atoms with Gasteiger partial charge in [-0.1, -0.05) is 29.5 Å². The van der Waals surface area contributed by atoms with Crippen LogP contribution in [0.25, 0.3) is 28.5 Å². The van der Waals surface area contributed by atoms with Crippen LogP contribution in [-0.4, -0.2) is 25.7 Å². The highest BCUT2D eigenvalue weighted by molar-refractivity contribution is 7.15. The third-order valence-corrected chi connectivity index (χ3v) is 5.37. The smallest absolute Gasteiger partial charge is 0.291 e. The number of hydrogen-bond acceptors (Lipinski definition) is 6. The Morgan fingerprint density at radius 2 is 2.11 bits per heavy atom. The second kappa shape index (κ2) is 6.14. The van der Waals surface area contributed by atoms with Crippen LogP contribution in [0.1, 0.15) is 12.5 Å². The molecule has 1 unspecified atom stereocenters. The van der Waals surface area contributed by atoms with Crippen molar-refractivity contribution >= 4 is 28.4 Å². The van der Waals surface area contributed by atoms with Crippen molar-refractivity contribution in [3.63, 3.8) is 0 Å². The molecule has 7 heteroatoms. The molecule has 0 bridgehead atoms. The number of ether oxygens (including phenoxy) is 1. The number of benzene rings is 1. The van der Waals surface area contributed by atoms with Crippen LogP contribution < -0.4 is 14.8 Å². The van der Waals surface area contributed by atoms with Crippen molar-refractivity contribution in [2.75, 3.05) is 0 Å². The van der Waals surface area contributed by atoms with Gasteiger partial charge in [-0.05, 0) is 42.8 Å². The minimum absolute atomic E-state index is 0.132. The van der Waals surface area contributed by atoms with Gasteiger partial charge >= 0.3 is 0 Å². The summed E-state index contributed by atoms with van der Waals surface area (Å²) in [5.41, 5.74) is 2.56. The molecule has 4 heterocycles. The monoisotopic (exact) mass is 374 g/mol. The van der Waals surface area contributed by atoms with Gasteiger partial charge < -0.3 is 4.74 Å². The Bertz CT molecular complexity index is 1290. The SMILES string of the molecule is CC1Oc2ccccc2C=C1/C=c1/sc2nc(-c3cccnc3)nn2c1=O. The number of fused-ring (bicyclic) bond motifs is 2. The molecule has 0 saturated heterocycles. The molecule has 27 heavy (non-hydrogen) atoms. The van der Waals surface area contributed by atoms with Crippen molar-refractivity contribution in [3.05, 3.63) is 74.8 Å². The van der Waals surface area contributed by atoms with Gasteiger partial charge in [-0.25, -0.2) is 0 Å². The van der Waals surface area contributed by atoms with Crippen molar-refractivity contribution < 1.29 is 4.74 Å². The van der Waals surface area contributed by atoms with Crippen LogP contribution in [0.3, 0.4) is 0 Å². The minimum atomic E-state index is -0.176. The van der Waals surface area contributed by atoms with Crippen LogP contribution in [0, 0.1) is 0 Å². The van der Waals surface area contributed by atoms with E-state index in [1.165, 1.54) is 15.9 Å². The molecule has 0 amide bonds. The summed E-state index contributed by atoms with van der Waals surface area (Å²) in [4.78, 5) is 21.9. The molecule has 132 valence electrons. The van der Waals surface area contributed by atoms with Gasteiger partial charge in [-0.15, -0.1) is 5.10 Å². The maximum absolute atomic E-state index is 12.8. The van der Waals surface area contributed by atoms with E-state index in [0.29, 0.717) is 15.3 Å². The Morgan fingerprint density at radius 3 is 2.93 bits per heavy atom. The molecule has 1 atom stereocenters. The van der Waals surface area contributed by atoms with Crippen LogP contribution in [0.2, 0.25) is 0 Å². The number of aromatic nitrogens is 4. The van der Waals surface area contributed by atoms with E-state index in [4.69, 9.17) is 4.74 Å². The summed E-state index contributed by atoms with van der Waals surface area (Å²) in [6.07, 6.45) is 7.16. The van der Waals surface area contributed by atoms with Crippen molar-refractivity contribution in [1.29, 1.82) is 0 Å². The number of nitrogens with zero attached hydrogens (tertiary/aromatic N) is 4. The van der Waals surface area contributed by atoms with E-state index in [9.17, 15) is 4.79 Å². The standard InChI is InChI=1S/C20H14N4O2S/c1-12-15(9-13-5-2-3-7-16(13)26-12)10-17-19(25)24-20(27-17)22-18(23-24)14-6-4-8-21-11-14/h2-12H,1H3/b17-10+. The summed E-state index contributed by atoms with van der Waals surface area (Å²) in [5, 5.41) is 4.34. The minimum Gasteiger partial charge on any atom is -0.485 e. The second-order valence-corrected chi connectivity index (χ2v) is 7.24. The first kappa shape index (κ1) is 15.9. The fourth-order valence-electron chi connectivity index (χ4n) is 3.02. The van der Waals surface area contributed by atoms with Gasteiger partial charge in [0.05, 0.1) is 4.53 Å². The fraction of sp³-hybridized carbons (Fsp3) is 0.100. The summed E-state index contributed by atoms with van der Waals surface area (Å²) >= 11 is 1.32. The molecule has 1 aliphatic rings. The maximum atomic E-state index is 12.8. The van der Waals surface area contributed by atoms with Gasteiger partial charge in [0, 0.05) is 23.5 Å². The normalized spacial score (nSPS) is 16.9. The molecule has 0 aliphatic carbocycles. The van der Waals surface area contributed by atoms with E-state index >= 15 is 0 Å². The average Bonchev–Trinajstić information content (AvgIpc) is 3.23. The molecule has 5 rings (SSSR count). The third kappa shape index (κ3) is 2.72. The molecule has 3 aromatic heterocycles. The molecule has 1 aliphatic heterocycles. The van der Waals surface area contributed by atoms with E-state index in [1.807, 2.05) is 49.4 Å². The zero-order valence-corrected chi connectivity index (χ0v) is 15.2. The van der Waals surface area contributed by atoms with Gasteiger partial charge in [-0.3, -0.25) is 9.78 Å². The van der Waals surface area contributed by atoms with E-state index in [0.717, 1.165) is 22.4 Å². The quantitative estimate of drug-likeness (QED) is 0.539. The van der Waals surface area contributed by atoms with Crippen LogP contribution in [0.5, 0.6) is 5.75 Å². The predicted octanol–water partition coefficient (Wildman–Crippen LogP) is 2.58. The summed E-state index contributed by atoms with van der Waals surface area (Å²) < 4.78 is 7.88. The first-order valence-electron chi connectivity index (χ1n) is 8.48. The van der Waals surface area contributed by atoms with Gasteiger partial charge in [0.2, 0.25) is 4.96 Å². The summed E-state index contributed by atoms with van der Waals surface area (Å²) in [7, 11) is 0. The second-order valence-electron chi connectivity index (χ2n) is 6.23. The zero-order chi connectivity index (χ0) is 18.4. The van der Waals surface area contributed by atoms with Crippen LogP contribution >= 0.6 is 11.3 Å². The lowest BCUT2D eigenvalue weighted by atomic mass is 10.0. The predicted molar refractivity (Wildman–Crippen MR) is 105 cm³/mol. The van der Waals surface area contributed by atoms with Crippen LogP contribution in [0.15, 0.2) is 59.2 Å². The first-order chi connectivity index (χ1) is 13.2. The fourth-order valence-corrected chi connectivity index (χ4v) is 3.93. The molecule has 1 aromatic carbocycles. The molecule has 4 aromatic rings.